The SMILES string of the molecule is O=C(O)c1cccc(N=Nc2ccc(N=Nc3ccc(N=Nc4c(S(O)(O)O)cc5ccc(Nc6ccccc6)cc5c4O)c(O)c3)c3cc(S(=O)(=O)O)ccc23)c1.[Cu]. The Morgan fingerprint density at radius 2 is 1.22 bits per heavy atom. The summed E-state index contributed by atoms with van der Waals surface area (Å²) in [5.74, 6) is -2.11. The summed E-state index contributed by atoms with van der Waals surface area (Å²) in [5, 5.41) is 60.4. The molecule has 0 saturated heterocycles. The molecule has 0 fully saturated rings. The number of aromatic carboxylic acids is 1. The van der Waals surface area contributed by atoms with Crippen LogP contribution in [0.5, 0.6) is 11.5 Å². The average molecular weight is 883 g/mol. The fourth-order valence-electron chi connectivity index (χ4n) is 5.73. The summed E-state index contributed by atoms with van der Waals surface area (Å²) in [6.07, 6.45) is 0. The second kappa shape index (κ2) is 17.1. The van der Waals surface area contributed by atoms with Crippen LogP contribution in [0.15, 0.2) is 168 Å². The molecule has 0 unspecified atom stereocenters. The molecule has 7 rings (SSSR count). The molecule has 59 heavy (non-hydrogen) atoms. The van der Waals surface area contributed by atoms with Gasteiger partial charge in [0.05, 0.1) is 38.1 Å². The number of fused-ring (bicyclic) bond motifs is 2. The maximum Gasteiger partial charge on any atom is 0.335 e. The number of carboxylic acids is 1. The fourth-order valence-corrected chi connectivity index (χ4v) is 6.92. The van der Waals surface area contributed by atoms with Crippen molar-refractivity contribution in [3.63, 3.8) is 0 Å². The van der Waals surface area contributed by atoms with E-state index in [9.17, 15) is 46.7 Å². The zero-order valence-corrected chi connectivity index (χ0v) is 32.4. The minimum absolute atomic E-state index is 0. The predicted octanol–water partition coefficient (Wildman–Crippen LogP) is 11.9. The van der Waals surface area contributed by atoms with Crippen LogP contribution >= 0.6 is 10.9 Å². The molecule has 7 aromatic rings. The molecule has 0 bridgehead atoms. The first-order valence-corrected chi connectivity index (χ1v) is 19.7. The minimum Gasteiger partial charge on any atom is -0.506 e. The van der Waals surface area contributed by atoms with Gasteiger partial charge in [-0.25, -0.2) is 4.79 Å². The maximum absolute atomic E-state index is 12.0. The topological polar surface area (TPSA) is 279 Å². The van der Waals surface area contributed by atoms with Gasteiger partial charge in [0.1, 0.15) is 28.0 Å². The zero-order chi connectivity index (χ0) is 41.2. The van der Waals surface area contributed by atoms with Gasteiger partial charge in [0.2, 0.25) is 0 Å². The van der Waals surface area contributed by atoms with Crippen molar-refractivity contribution in [2.75, 3.05) is 5.32 Å². The molecule has 0 amide bonds. The van der Waals surface area contributed by atoms with Crippen molar-refractivity contribution in [1.82, 2.24) is 0 Å². The van der Waals surface area contributed by atoms with Crippen molar-refractivity contribution in [1.29, 1.82) is 0 Å². The normalized spacial score (nSPS) is 12.4. The molecule has 8 N–H and O–H groups in total. The summed E-state index contributed by atoms with van der Waals surface area (Å²) in [6, 6.07) is 31.8. The molecule has 0 aliphatic rings. The second-order valence-electron chi connectivity index (χ2n) is 12.4. The number of azo groups is 3. The van der Waals surface area contributed by atoms with E-state index in [1.54, 1.807) is 24.3 Å². The summed E-state index contributed by atoms with van der Waals surface area (Å²) >= 11 is 0. The number of phenols is 2. The molecule has 20 heteroatoms. The van der Waals surface area contributed by atoms with Crippen molar-refractivity contribution >= 4 is 94.0 Å². The van der Waals surface area contributed by atoms with Gasteiger partial charge in [0, 0.05) is 50.7 Å². The molecule has 17 nitrogen and oxygen atoms in total. The van der Waals surface area contributed by atoms with Crippen LogP contribution in [-0.4, -0.2) is 47.9 Å². The van der Waals surface area contributed by atoms with Gasteiger partial charge in [0.15, 0.2) is 5.75 Å². The molecule has 0 heterocycles. The molecule has 0 aliphatic carbocycles. The van der Waals surface area contributed by atoms with Crippen LogP contribution in [0.2, 0.25) is 0 Å². The zero-order valence-electron chi connectivity index (χ0n) is 29.8. The number of aromatic hydroxyl groups is 2. The summed E-state index contributed by atoms with van der Waals surface area (Å²) in [5.41, 5.74) is 1.54. The van der Waals surface area contributed by atoms with E-state index in [2.05, 4.69) is 36.0 Å². The first-order chi connectivity index (χ1) is 27.6. The Labute approximate surface area is 346 Å². The van der Waals surface area contributed by atoms with Gasteiger partial charge in [-0.1, -0.05) is 36.4 Å². The summed E-state index contributed by atoms with van der Waals surface area (Å²) < 4.78 is 64.3. The second-order valence-corrected chi connectivity index (χ2v) is 15.3. The Kier molecular flexibility index (Phi) is 12.2. The molecule has 0 atom stereocenters. The number of anilines is 2. The Bertz CT molecular complexity index is 2960. The standard InChI is InChI=1S/C39H29N7O10S2.Cu/c47-35-20-27(42-44-33-16-15-32(29-13-12-28(21-31(29)33)57(51,52)53)43-41-26-8-4-5-23(17-26)39(49)50)11-14-34(35)45-46-37-36(58(54,55)56)18-22-9-10-25(19-30(22)38(37)48)40-24-6-2-1-3-7-24;/h1-21,40,47-48,54-56H,(H,49,50)(H,51,52,53);. The number of nitrogens with zero attached hydrogens (tertiary/aromatic N) is 6. The van der Waals surface area contributed by atoms with E-state index in [1.165, 1.54) is 66.7 Å². The number of hydrogen-bond donors (Lipinski definition) is 8. The molecule has 0 aliphatic heterocycles. The first kappa shape index (κ1) is 42.0. The van der Waals surface area contributed by atoms with E-state index in [4.69, 9.17) is 0 Å². The molecule has 1 radical (unpaired) electrons. The number of carbonyl (C=O) groups is 1. The van der Waals surface area contributed by atoms with E-state index in [-0.39, 0.29) is 61.8 Å². The van der Waals surface area contributed by atoms with Gasteiger partial charge in [-0.15, -0.1) is 20.5 Å². The van der Waals surface area contributed by atoms with Crippen molar-refractivity contribution in [3.05, 3.63) is 133 Å². The monoisotopic (exact) mass is 882 g/mol. The molecule has 0 spiro atoms. The largest absolute Gasteiger partial charge is 0.506 e. The van der Waals surface area contributed by atoms with Gasteiger partial charge >= 0.3 is 5.97 Å². The van der Waals surface area contributed by atoms with Crippen molar-refractivity contribution in [3.8, 4) is 11.5 Å². The van der Waals surface area contributed by atoms with E-state index >= 15 is 0 Å². The molecular formula is C39H29CuN7O10S2. The molecular weight excluding hydrogens is 854 g/mol. The third kappa shape index (κ3) is 9.58. The Morgan fingerprint density at radius 1 is 0.559 bits per heavy atom. The van der Waals surface area contributed by atoms with Gasteiger partial charge in [-0.05, 0) is 90.3 Å². The molecule has 0 aromatic heterocycles. The third-order valence-corrected chi connectivity index (χ3v) is 10.3. The Morgan fingerprint density at radius 3 is 1.88 bits per heavy atom. The summed E-state index contributed by atoms with van der Waals surface area (Å²) in [6.45, 7) is 0. The maximum atomic E-state index is 12.0. The quantitative estimate of drug-likeness (QED) is 0.0343. The van der Waals surface area contributed by atoms with Crippen LogP contribution in [0.1, 0.15) is 10.4 Å². The predicted molar refractivity (Wildman–Crippen MR) is 217 cm³/mol. The van der Waals surface area contributed by atoms with Gasteiger partial charge in [-0.2, -0.15) is 18.6 Å². The van der Waals surface area contributed by atoms with Crippen LogP contribution in [0, 0.1) is 0 Å². The average Bonchev–Trinajstić information content (AvgIpc) is 3.19. The van der Waals surface area contributed by atoms with Crippen LogP contribution in [-0.2, 0) is 27.2 Å². The van der Waals surface area contributed by atoms with Gasteiger partial charge in [0.25, 0.3) is 10.1 Å². The smallest absolute Gasteiger partial charge is 0.335 e. The third-order valence-electron chi connectivity index (χ3n) is 8.51. The minimum atomic E-state index is -4.63. The molecule has 303 valence electrons. The van der Waals surface area contributed by atoms with Crippen molar-refractivity contribution < 1.29 is 63.8 Å². The molecule has 7 aromatic carbocycles. The van der Waals surface area contributed by atoms with Crippen LogP contribution in [0.25, 0.3) is 21.5 Å². The number of hydrogen-bond acceptors (Lipinski definition) is 15. The van der Waals surface area contributed by atoms with Gasteiger partial charge < -0.3 is 34.3 Å². The van der Waals surface area contributed by atoms with Crippen LogP contribution in [0.3, 0.4) is 0 Å². The number of nitrogens with one attached hydrogen (secondary N) is 1. The molecule has 0 saturated carbocycles. The van der Waals surface area contributed by atoms with E-state index in [1.807, 2.05) is 30.3 Å². The number of benzene rings is 7. The van der Waals surface area contributed by atoms with Crippen molar-refractivity contribution in [2.24, 2.45) is 30.7 Å². The first-order valence-electron chi connectivity index (χ1n) is 16.7. The number of carboxylic acid groups (broad SMARTS) is 1. The number of para-hydroxylation sites is 1. The van der Waals surface area contributed by atoms with E-state index in [0.29, 0.717) is 16.5 Å². The number of rotatable bonds is 11. The fraction of sp³-hybridized carbons (Fsp3) is 0. The summed E-state index contributed by atoms with van der Waals surface area (Å²) in [4.78, 5) is 10.4. The van der Waals surface area contributed by atoms with Gasteiger partial charge in [-0.3, -0.25) is 4.55 Å². The number of phenolic OH excluding ortho intramolecular Hbond substituents is 2. The van der Waals surface area contributed by atoms with Crippen LogP contribution < -0.4 is 5.32 Å². The van der Waals surface area contributed by atoms with Crippen LogP contribution in [0.4, 0.5) is 45.5 Å². The Balaban J connectivity index is 0.00000585. The Hall–Kier alpha value is -6.61. The summed E-state index contributed by atoms with van der Waals surface area (Å²) in [7, 11) is -9.04. The van der Waals surface area contributed by atoms with E-state index in [0.717, 1.165) is 11.8 Å². The van der Waals surface area contributed by atoms with Crippen molar-refractivity contribution in [2.45, 2.75) is 9.79 Å². The van der Waals surface area contributed by atoms with E-state index < -0.39 is 53.9 Å².